The number of cyclic esters (lactones) is 2. The number of rotatable bonds is 1. The third kappa shape index (κ3) is 2.38. The first-order valence-corrected chi connectivity index (χ1v) is 5.73. The Labute approximate surface area is 101 Å². The SMILES string of the molecule is CC(C)(C)c1ccc([C@H]2CC(=O)OC2=O)cc1. The zero-order chi connectivity index (χ0) is 12.6. The molecule has 0 aromatic heterocycles. The summed E-state index contributed by atoms with van der Waals surface area (Å²) in [6, 6.07) is 7.83. The molecule has 1 saturated heterocycles. The molecule has 0 bridgehead atoms. The third-order valence-corrected chi connectivity index (χ3v) is 3.05. The van der Waals surface area contributed by atoms with Crippen LogP contribution in [0.25, 0.3) is 0 Å². The number of hydrogen-bond acceptors (Lipinski definition) is 3. The summed E-state index contributed by atoms with van der Waals surface area (Å²) in [5.41, 5.74) is 2.15. The Hall–Kier alpha value is -1.64. The minimum atomic E-state index is -0.432. The fourth-order valence-electron chi connectivity index (χ4n) is 1.94. The van der Waals surface area contributed by atoms with Gasteiger partial charge in [-0.15, -0.1) is 0 Å². The second-order valence-electron chi connectivity index (χ2n) is 5.42. The van der Waals surface area contributed by atoms with E-state index in [1.807, 2.05) is 24.3 Å². The predicted octanol–water partition coefficient (Wildman–Crippen LogP) is 2.54. The molecule has 1 aromatic carbocycles. The molecule has 3 nitrogen and oxygen atoms in total. The smallest absolute Gasteiger partial charge is 0.321 e. The molecule has 3 heteroatoms. The lowest BCUT2D eigenvalue weighted by Gasteiger charge is -2.19. The van der Waals surface area contributed by atoms with Crippen LogP contribution in [0.5, 0.6) is 0 Å². The molecule has 2 rings (SSSR count). The van der Waals surface area contributed by atoms with Crippen LogP contribution in [-0.4, -0.2) is 11.9 Å². The van der Waals surface area contributed by atoms with Gasteiger partial charge in [0.05, 0.1) is 12.3 Å². The zero-order valence-corrected chi connectivity index (χ0v) is 10.3. The Bertz CT molecular complexity index is 451. The molecular weight excluding hydrogens is 216 g/mol. The number of ether oxygens (including phenoxy) is 1. The van der Waals surface area contributed by atoms with Crippen molar-refractivity contribution < 1.29 is 14.3 Å². The standard InChI is InChI=1S/C14H16O3/c1-14(2,3)10-6-4-9(5-7-10)11-8-12(15)17-13(11)16/h4-7,11H,8H2,1-3H3/t11-/m1/s1. The van der Waals surface area contributed by atoms with E-state index in [2.05, 4.69) is 25.5 Å². The summed E-state index contributed by atoms with van der Waals surface area (Å²) in [5, 5.41) is 0. The molecule has 1 aromatic rings. The van der Waals surface area contributed by atoms with Gasteiger partial charge in [0.25, 0.3) is 0 Å². The first kappa shape index (κ1) is 11.8. The highest BCUT2D eigenvalue weighted by atomic mass is 16.6. The molecule has 90 valence electrons. The highest BCUT2D eigenvalue weighted by molar-refractivity contribution is 5.97. The van der Waals surface area contributed by atoms with E-state index in [0.717, 1.165) is 5.56 Å². The Kier molecular flexibility index (Phi) is 2.77. The third-order valence-electron chi connectivity index (χ3n) is 3.05. The Morgan fingerprint density at radius 2 is 1.71 bits per heavy atom. The van der Waals surface area contributed by atoms with Crippen LogP contribution in [0.15, 0.2) is 24.3 Å². The predicted molar refractivity (Wildman–Crippen MR) is 63.6 cm³/mol. The summed E-state index contributed by atoms with van der Waals surface area (Å²) in [4.78, 5) is 22.4. The average molecular weight is 232 g/mol. The molecule has 0 amide bonds. The van der Waals surface area contributed by atoms with E-state index in [9.17, 15) is 9.59 Å². The molecule has 1 heterocycles. The second-order valence-corrected chi connectivity index (χ2v) is 5.42. The first-order valence-electron chi connectivity index (χ1n) is 5.73. The largest absolute Gasteiger partial charge is 0.393 e. The molecule has 1 fully saturated rings. The van der Waals surface area contributed by atoms with E-state index in [1.165, 1.54) is 5.56 Å². The van der Waals surface area contributed by atoms with Crippen molar-refractivity contribution in [2.75, 3.05) is 0 Å². The van der Waals surface area contributed by atoms with Crippen LogP contribution in [0.1, 0.15) is 44.2 Å². The van der Waals surface area contributed by atoms with Gasteiger partial charge in [-0.3, -0.25) is 9.59 Å². The maximum absolute atomic E-state index is 11.4. The van der Waals surface area contributed by atoms with Crippen molar-refractivity contribution in [3.63, 3.8) is 0 Å². The molecule has 0 spiro atoms. The van der Waals surface area contributed by atoms with Gasteiger partial charge in [-0.25, -0.2) is 0 Å². The normalized spacial score (nSPS) is 20.5. The van der Waals surface area contributed by atoms with Gasteiger partial charge in [0, 0.05) is 0 Å². The fourth-order valence-corrected chi connectivity index (χ4v) is 1.94. The number of benzene rings is 1. The van der Waals surface area contributed by atoms with Crippen molar-refractivity contribution in [1.29, 1.82) is 0 Å². The molecule has 0 saturated carbocycles. The van der Waals surface area contributed by atoms with Crippen LogP contribution >= 0.6 is 0 Å². The van der Waals surface area contributed by atoms with Crippen LogP contribution in [0, 0.1) is 0 Å². The Morgan fingerprint density at radius 3 is 2.12 bits per heavy atom. The van der Waals surface area contributed by atoms with E-state index in [0.29, 0.717) is 0 Å². The maximum Gasteiger partial charge on any atom is 0.321 e. The van der Waals surface area contributed by atoms with Gasteiger partial charge in [0.2, 0.25) is 0 Å². The second kappa shape index (κ2) is 3.99. The lowest BCUT2D eigenvalue weighted by atomic mass is 9.85. The quantitative estimate of drug-likeness (QED) is 0.552. The maximum atomic E-state index is 11.4. The fraction of sp³-hybridized carbons (Fsp3) is 0.429. The van der Waals surface area contributed by atoms with Crippen LogP contribution in [-0.2, 0) is 19.7 Å². The van der Waals surface area contributed by atoms with E-state index < -0.39 is 17.9 Å². The van der Waals surface area contributed by atoms with E-state index in [4.69, 9.17) is 0 Å². The molecule has 0 N–H and O–H groups in total. The highest BCUT2D eigenvalue weighted by Gasteiger charge is 2.34. The minimum Gasteiger partial charge on any atom is -0.393 e. The Balaban J connectivity index is 2.24. The number of esters is 2. The van der Waals surface area contributed by atoms with Crippen LogP contribution in [0.3, 0.4) is 0 Å². The summed E-state index contributed by atoms with van der Waals surface area (Å²) in [6.45, 7) is 6.40. The number of hydrogen-bond donors (Lipinski definition) is 0. The molecule has 0 unspecified atom stereocenters. The van der Waals surface area contributed by atoms with E-state index in [-0.39, 0.29) is 11.8 Å². The van der Waals surface area contributed by atoms with Gasteiger partial charge in [-0.1, -0.05) is 45.0 Å². The molecule has 17 heavy (non-hydrogen) atoms. The molecular formula is C14H16O3. The lowest BCUT2D eigenvalue weighted by molar-refractivity contribution is -0.152. The first-order chi connectivity index (χ1) is 7.88. The molecule has 1 atom stereocenters. The van der Waals surface area contributed by atoms with Gasteiger partial charge < -0.3 is 4.74 Å². The van der Waals surface area contributed by atoms with Gasteiger partial charge >= 0.3 is 11.9 Å². The molecule has 0 radical (unpaired) electrons. The zero-order valence-electron chi connectivity index (χ0n) is 10.3. The summed E-state index contributed by atoms with van der Waals surface area (Å²) >= 11 is 0. The van der Waals surface area contributed by atoms with Crippen LogP contribution in [0.4, 0.5) is 0 Å². The van der Waals surface area contributed by atoms with E-state index >= 15 is 0 Å². The van der Waals surface area contributed by atoms with E-state index in [1.54, 1.807) is 0 Å². The van der Waals surface area contributed by atoms with Crippen molar-refractivity contribution in [3.05, 3.63) is 35.4 Å². The van der Waals surface area contributed by atoms with Gasteiger partial charge in [-0.2, -0.15) is 0 Å². The number of carbonyl (C=O) groups is 2. The topological polar surface area (TPSA) is 43.4 Å². The van der Waals surface area contributed by atoms with Crippen LogP contribution in [0.2, 0.25) is 0 Å². The lowest BCUT2D eigenvalue weighted by Crippen LogP contribution is -2.11. The minimum absolute atomic E-state index is 0.0878. The van der Waals surface area contributed by atoms with Crippen molar-refractivity contribution in [2.24, 2.45) is 0 Å². The molecule has 1 aliphatic heterocycles. The van der Waals surface area contributed by atoms with Gasteiger partial charge in [-0.05, 0) is 16.5 Å². The number of carbonyl (C=O) groups excluding carboxylic acids is 2. The van der Waals surface area contributed by atoms with Crippen molar-refractivity contribution in [1.82, 2.24) is 0 Å². The monoisotopic (exact) mass is 232 g/mol. The highest BCUT2D eigenvalue weighted by Crippen LogP contribution is 2.29. The molecule has 0 aliphatic carbocycles. The molecule has 1 aliphatic rings. The summed E-state index contributed by atoms with van der Waals surface area (Å²) in [7, 11) is 0. The summed E-state index contributed by atoms with van der Waals surface area (Å²) in [6.07, 6.45) is 0.160. The van der Waals surface area contributed by atoms with Crippen molar-refractivity contribution >= 4 is 11.9 Å². The summed E-state index contributed by atoms with van der Waals surface area (Å²) in [5.74, 6) is -1.28. The Morgan fingerprint density at radius 1 is 1.12 bits per heavy atom. The van der Waals surface area contributed by atoms with Crippen LogP contribution < -0.4 is 0 Å². The summed E-state index contributed by atoms with van der Waals surface area (Å²) < 4.78 is 4.55. The van der Waals surface area contributed by atoms with Crippen molar-refractivity contribution in [2.45, 2.75) is 38.5 Å². The van der Waals surface area contributed by atoms with Gasteiger partial charge in [0.1, 0.15) is 0 Å². The van der Waals surface area contributed by atoms with Gasteiger partial charge in [0.15, 0.2) is 0 Å². The average Bonchev–Trinajstić information content (AvgIpc) is 2.57. The van der Waals surface area contributed by atoms with Crippen molar-refractivity contribution in [3.8, 4) is 0 Å².